The van der Waals surface area contributed by atoms with E-state index in [0.717, 1.165) is 15.8 Å². The van der Waals surface area contributed by atoms with Crippen LogP contribution in [0.2, 0.25) is 0 Å². The second kappa shape index (κ2) is 5.11. The maximum absolute atomic E-state index is 12.0. The highest BCUT2D eigenvalue weighted by molar-refractivity contribution is 7.17. The SMILES string of the molecule is Cc1cnc(NC(=O)Cc2csc3ccccc23)s1. The predicted molar refractivity (Wildman–Crippen MR) is 81.0 cm³/mol. The number of benzene rings is 1. The topological polar surface area (TPSA) is 42.0 Å². The third kappa shape index (κ3) is 2.67. The Morgan fingerprint density at radius 2 is 2.21 bits per heavy atom. The molecular weight excluding hydrogens is 276 g/mol. The van der Waals surface area contributed by atoms with Gasteiger partial charge in [0.05, 0.1) is 6.42 Å². The minimum Gasteiger partial charge on any atom is -0.302 e. The molecule has 0 unspecified atom stereocenters. The van der Waals surface area contributed by atoms with E-state index < -0.39 is 0 Å². The first-order valence-electron chi connectivity index (χ1n) is 5.90. The number of nitrogens with one attached hydrogen (secondary N) is 1. The lowest BCUT2D eigenvalue weighted by atomic mass is 10.1. The van der Waals surface area contributed by atoms with Gasteiger partial charge in [-0.25, -0.2) is 4.98 Å². The second-order valence-corrected chi connectivity index (χ2v) is 6.40. The van der Waals surface area contributed by atoms with Crippen LogP contribution in [-0.2, 0) is 11.2 Å². The van der Waals surface area contributed by atoms with Crippen LogP contribution in [0.1, 0.15) is 10.4 Å². The first-order valence-corrected chi connectivity index (χ1v) is 7.59. The minimum atomic E-state index is -0.0158. The fourth-order valence-corrected chi connectivity index (χ4v) is 3.56. The molecule has 0 radical (unpaired) electrons. The number of fused-ring (bicyclic) bond motifs is 1. The minimum absolute atomic E-state index is 0.0158. The van der Waals surface area contributed by atoms with Gasteiger partial charge in [0, 0.05) is 15.8 Å². The Morgan fingerprint density at radius 3 is 3.00 bits per heavy atom. The summed E-state index contributed by atoms with van der Waals surface area (Å²) in [6.07, 6.45) is 2.16. The number of aryl methyl sites for hydroxylation is 1. The number of thiazole rings is 1. The average molecular weight is 288 g/mol. The van der Waals surface area contributed by atoms with Crippen LogP contribution >= 0.6 is 22.7 Å². The molecule has 1 aromatic carbocycles. The molecule has 3 rings (SSSR count). The summed E-state index contributed by atoms with van der Waals surface area (Å²) in [6, 6.07) is 8.15. The summed E-state index contributed by atoms with van der Waals surface area (Å²) in [4.78, 5) is 17.2. The van der Waals surface area contributed by atoms with Crippen molar-refractivity contribution in [2.45, 2.75) is 13.3 Å². The largest absolute Gasteiger partial charge is 0.302 e. The van der Waals surface area contributed by atoms with E-state index in [0.29, 0.717) is 11.6 Å². The van der Waals surface area contributed by atoms with Crippen LogP contribution in [0.3, 0.4) is 0 Å². The normalized spacial score (nSPS) is 10.8. The molecule has 19 heavy (non-hydrogen) atoms. The van der Waals surface area contributed by atoms with Crippen LogP contribution in [-0.4, -0.2) is 10.9 Å². The van der Waals surface area contributed by atoms with Gasteiger partial charge in [-0.3, -0.25) is 4.79 Å². The van der Waals surface area contributed by atoms with Crippen molar-refractivity contribution in [2.75, 3.05) is 5.32 Å². The Balaban J connectivity index is 1.76. The molecule has 0 aliphatic rings. The molecule has 0 saturated heterocycles. The monoisotopic (exact) mass is 288 g/mol. The van der Waals surface area contributed by atoms with Crippen molar-refractivity contribution >= 4 is 43.8 Å². The lowest BCUT2D eigenvalue weighted by Gasteiger charge is -2.00. The van der Waals surface area contributed by atoms with Gasteiger partial charge < -0.3 is 5.32 Å². The van der Waals surface area contributed by atoms with Gasteiger partial charge in [0.2, 0.25) is 5.91 Å². The summed E-state index contributed by atoms with van der Waals surface area (Å²) in [7, 11) is 0. The standard InChI is InChI=1S/C14H12N2OS2/c1-9-7-15-14(19-9)16-13(17)6-10-8-18-12-5-3-2-4-11(10)12/h2-5,7-8H,6H2,1H3,(H,15,16,17). The van der Waals surface area contributed by atoms with Crippen molar-refractivity contribution in [1.29, 1.82) is 0 Å². The molecule has 96 valence electrons. The van der Waals surface area contributed by atoms with E-state index in [2.05, 4.69) is 27.8 Å². The number of thiophene rings is 1. The van der Waals surface area contributed by atoms with Crippen molar-refractivity contribution in [2.24, 2.45) is 0 Å². The first-order chi connectivity index (χ1) is 9.22. The maximum Gasteiger partial charge on any atom is 0.230 e. The summed E-state index contributed by atoms with van der Waals surface area (Å²) >= 11 is 3.17. The van der Waals surface area contributed by atoms with Gasteiger partial charge in [-0.05, 0) is 29.3 Å². The van der Waals surface area contributed by atoms with Gasteiger partial charge in [-0.1, -0.05) is 18.2 Å². The van der Waals surface area contributed by atoms with Crippen molar-refractivity contribution in [3.8, 4) is 0 Å². The van der Waals surface area contributed by atoms with Crippen molar-refractivity contribution in [3.05, 3.63) is 46.3 Å². The Hall–Kier alpha value is -1.72. The fourth-order valence-electron chi connectivity index (χ4n) is 1.92. The van der Waals surface area contributed by atoms with Crippen LogP contribution in [0.15, 0.2) is 35.8 Å². The Morgan fingerprint density at radius 1 is 1.37 bits per heavy atom. The smallest absolute Gasteiger partial charge is 0.230 e. The zero-order valence-electron chi connectivity index (χ0n) is 10.3. The number of aromatic nitrogens is 1. The molecule has 0 aliphatic heterocycles. The quantitative estimate of drug-likeness (QED) is 0.795. The van der Waals surface area contributed by atoms with Crippen molar-refractivity contribution in [3.63, 3.8) is 0 Å². The summed E-state index contributed by atoms with van der Waals surface area (Å²) in [5.41, 5.74) is 1.08. The lowest BCUT2D eigenvalue weighted by molar-refractivity contribution is -0.115. The molecule has 0 spiro atoms. The molecule has 3 nitrogen and oxygen atoms in total. The molecule has 0 saturated carbocycles. The molecule has 3 aromatic rings. The number of carbonyl (C=O) groups excluding carboxylic acids is 1. The van der Waals surface area contributed by atoms with E-state index in [-0.39, 0.29) is 5.91 Å². The number of rotatable bonds is 3. The maximum atomic E-state index is 12.0. The lowest BCUT2D eigenvalue weighted by Crippen LogP contribution is -2.13. The number of hydrogen-bond donors (Lipinski definition) is 1. The molecule has 5 heteroatoms. The molecule has 0 fully saturated rings. The van der Waals surface area contributed by atoms with Crippen LogP contribution in [0, 0.1) is 6.92 Å². The molecule has 0 atom stereocenters. The van der Waals surface area contributed by atoms with E-state index in [9.17, 15) is 4.79 Å². The molecule has 1 amide bonds. The van der Waals surface area contributed by atoms with Gasteiger partial charge in [0.1, 0.15) is 0 Å². The van der Waals surface area contributed by atoms with E-state index in [1.54, 1.807) is 17.5 Å². The summed E-state index contributed by atoms with van der Waals surface area (Å²) in [6.45, 7) is 1.97. The second-order valence-electron chi connectivity index (χ2n) is 4.26. The van der Waals surface area contributed by atoms with Gasteiger partial charge >= 0.3 is 0 Å². The zero-order valence-corrected chi connectivity index (χ0v) is 12.0. The zero-order chi connectivity index (χ0) is 13.2. The number of carbonyl (C=O) groups is 1. The van der Waals surface area contributed by atoms with Gasteiger partial charge in [0.15, 0.2) is 5.13 Å². The predicted octanol–water partition coefficient (Wildman–Crippen LogP) is 3.85. The highest BCUT2D eigenvalue weighted by Gasteiger charge is 2.10. The molecule has 2 aromatic heterocycles. The number of hydrogen-bond acceptors (Lipinski definition) is 4. The average Bonchev–Trinajstić information content (AvgIpc) is 2.97. The highest BCUT2D eigenvalue weighted by Crippen LogP contribution is 2.26. The summed E-state index contributed by atoms with van der Waals surface area (Å²) in [5, 5.41) is 6.73. The summed E-state index contributed by atoms with van der Waals surface area (Å²) in [5.74, 6) is -0.0158. The van der Waals surface area contributed by atoms with Gasteiger partial charge in [-0.15, -0.1) is 22.7 Å². The molecule has 0 bridgehead atoms. The van der Waals surface area contributed by atoms with Crippen LogP contribution in [0.4, 0.5) is 5.13 Å². The Kier molecular flexibility index (Phi) is 3.31. The Bertz CT molecular complexity index is 730. The van der Waals surface area contributed by atoms with E-state index in [1.807, 2.05) is 19.1 Å². The van der Waals surface area contributed by atoms with Crippen LogP contribution in [0.25, 0.3) is 10.1 Å². The van der Waals surface area contributed by atoms with E-state index in [4.69, 9.17) is 0 Å². The number of nitrogens with zero attached hydrogens (tertiary/aromatic N) is 1. The van der Waals surface area contributed by atoms with Crippen molar-refractivity contribution < 1.29 is 4.79 Å². The number of amides is 1. The summed E-state index contributed by atoms with van der Waals surface area (Å²) < 4.78 is 1.22. The first kappa shape index (κ1) is 12.3. The Labute approximate surface area is 118 Å². The third-order valence-corrected chi connectivity index (χ3v) is 4.62. The fraction of sp³-hybridized carbons (Fsp3) is 0.143. The third-order valence-electron chi connectivity index (χ3n) is 2.78. The van der Waals surface area contributed by atoms with Crippen molar-refractivity contribution in [1.82, 2.24) is 4.98 Å². The molecular formula is C14H12N2OS2. The molecule has 0 aliphatic carbocycles. The van der Waals surface area contributed by atoms with E-state index >= 15 is 0 Å². The van der Waals surface area contributed by atoms with Gasteiger partial charge in [-0.2, -0.15) is 0 Å². The molecule has 2 heterocycles. The van der Waals surface area contributed by atoms with Crippen LogP contribution in [0.5, 0.6) is 0 Å². The van der Waals surface area contributed by atoms with E-state index in [1.165, 1.54) is 16.0 Å². The highest BCUT2D eigenvalue weighted by atomic mass is 32.1. The van der Waals surface area contributed by atoms with Crippen LogP contribution < -0.4 is 5.32 Å². The van der Waals surface area contributed by atoms with Gasteiger partial charge in [0.25, 0.3) is 0 Å². The number of anilines is 1. The molecule has 1 N–H and O–H groups in total.